The van der Waals surface area contributed by atoms with Gasteiger partial charge in [0.05, 0.1) is 17.6 Å². The highest BCUT2D eigenvalue weighted by Crippen LogP contribution is 2.11. The summed E-state index contributed by atoms with van der Waals surface area (Å²) in [6, 6.07) is 3.92. The quantitative estimate of drug-likeness (QED) is 0.713. The molecule has 0 saturated carbocycles. The van der Waals surface area contributed by atoms with E-state index in [1.165, 1.54) is 5.56 Å². The summed E-state index contributed by atoms with van der Waals surface area (Å²) in [4.78, 5) is 3.94. The zero-order chi connectivity index (χ0) is 9.10. The smallest absolute Gasteiger partial charge is 0.0733 e. The number of nitrogen functional groups attached to an aromatic ring is 1. The molecule has 2 heterocycles. The first-order valence-electron chi connectivity index (χ1n) is 4.03. The fraction of sp³-hybridized carbons (Fsp3) is 0.111. The molecule has 2 rings (SSSR count). The van der Waals surface area contributed by atoms with E-state index in [0.717, 1.165) is 12.1 Å². The number of nitrogens with two attached hydrogens (primary N) is 1. The van der Waals surface area contributed by atoms with Crippen LogP contribution in [0.2, 0.25) is 0 Å². The van der Waals surface area contributed by atoms with Gasteiger partial charge in [-0.05, 0) is 17.7 Å². The van der Waals surface area contributed by atoms with Gasteiger partial charge in [0, 0.05) is 18.8 Å². The molecule has 0 aliphatic heterocycles. The minimum absolute atomic E-state index is 0.705. The van der Waals surface area contributed by atoms with Crippen LogP contribution < -0.4 is 5.73 Å². The highest BCUT2D eigenvalue weighted by Gasteiger charge is 2.01. The average molecular weight is 174 g/mol. The molecule has 4 heteroatoms. The first-order chi connectivity index (χ1) is 6.36. The number of hydrogen-bond donors (Lipinski definition) is 2. The monoisotopic (exact) mass is 174 g/mol. The highest BCUT2D eigenvalue weighted by molar-refractivity contribution is 5.42. The number of anilines is 1. The molecule has 0 radical (unpaired) electrons. The van der Waals surface area contributed by atoms with Crippen molar-refractivity contribution in [3.05, 3.63) is 42.0 Å². The Labute approximate surface area is 75.8 Å². The third kappa shape index (κ3) is 1.66. The molecule has 0 atom stereocenters. The number of nitrogens with one attached hydrogen (secondary N) is 1. The Hall–Kier alpha value is -1.84. The third-order valence-electron chi connectivity index (χ3n) is 1.88. The van der Waals surface area contributed by atoms with Crippen LogP contribution in [0.25, 0.3) is 0 Å². The SMILES string of the molecule is Nc1cn[nH]c1Cc1ccncc1. The van der Waals surface area contributed by atoms with E-state index < -0.39 is 0 Å². The Morgan fingerprint density at radius 1 is 1.31 bits per heavy atom. The van der Waals surface area contributed by atoms with E-state index in [-0.39, 0.29) is 0 Å². The lowest BCUT2D eigenvalue weighted by atomic mass is 10.1. The summed E-state index contributed by atoms with van der Waals surface area (Å²) in [5.41, 5.74) is 8.51. The predicted octanol–water partition coefficient (Wildman–Crippen LogP) is 0.978. The number of rotatable bonds is 2. The maximum absolute atomic E-state index is 5.68. The van der Waals surface area contributed by atoms with Crippen molar-refractivity contribution in [1.29, 1.82) is 0 Å². The molecule has 0 aliphatic carbocycles. The maximum Gasteiger partial charge on any atom is 0.0733 e. The number of nitrogens with zero attached hydrogens (tertiary/aromatic N) is 2. The number of aromatic nitrogens is 3. The van der Waals surface area contributed by atoms with E-state index in [1.807, 2.05) is 12.1 Å². The molecular weight excluding hydrogens is 164 g/mol. The standard InChI is InChI=1S/C9H10N4/c10-8-6-12-13-9(8)5-7-1-3-11-4-2-7/h1-4,6H,5,10H2,(H,12,13). The van der Waals surface area contributed by atoms with Crippen LogP contribution in [0.15, 0.2) is 30.7 Å². The predicted molar refractivity (Wildman–Crippen MR) is 50.0 cm³/mol. The number of aromatic amines is 1. The second kappa shape index (κ2) is 3.26. The second-order valence-corrected chi connectivity index (χ2v) is 2.84. The van der Waals surface area contributed by atoms with Gasteiger partial charge in [-0.2, -0.15) is 5.10 Å². The molecule has 66 valence electrons. The third-order valence-corrected chi connectivity index (χ3v) is 1.88. The molecule has 0 amide bonds. The summed E-state index contributed by atoms with van der Waals surface area (Å²) in [7, 11) is 0. The summed E-state index contributed by atoms with van der Waals surface area (Å²) >= 11 is 0. The molecule has 0 unspecified atom stereocenters. The molecular formula is C9H10N4. The number of pyridine rings is 1. The van der Waals surface area contributed by atoms with E-state index in [0.29, 0.717) is 5.69 Å². The molecule has 13 heavy (non-hydrogen) atoms. The van der Waals surface area contributed by atoms with Gasteiger partial charge in [0.15, 0.2) is 0 Å². The molecule has 0 aliphatic rings. The molecule has 3 N–H and O–H groups in total. The Balaban J connectivity index is 2.20. The summed E-state index contributed by atoms with van der Waals surface area (Å²) < 4.78 is 0. The van der Waals surface area contributed by atoms with Gasteiger partial charge in [-0.1, -0.05) is 0 Å². The van der Waals surface area contributed by atoms with Gasteiger partial charge < -0.3 is 5.73 Å². The topological polar surface area (TPSA) is 67.6 Å². The van der Waals surface area contributed by atoms with Crippen molar-refractivity contribution >= 4 is 5.69 Å². The molecule has 0 spiro atoms. The Kier molecular flexibility index (Phi) is 1.96. The lowest BCUT2D eigenvalue weighted by Crippen LogP contribution is -1.93. The van der Waals surface area contributed by atoms with Crippen molar-refractivity contribution in [2.75, 3.05) is 5.73 Å². The fourth-order valence-corrected chi connectivity index (χ4v) is 1.17. The van der Waals surface area contributed by atoms with Crippen molar-refractivity contribution < 1.29 is 0 Å². The number of H-pyrrole nitrogens is 1. The van der Waals surface area contributed by atoms with Crippen LogP contribution in [0, 0.1) is 0 Å². The normalized spacial score (nSPS) is 10.2. The zero-order valence-corrected chi connectivity index (χ0v) is 7.07. The zero-order valence-electron chi connectivity index (χ0n) is 7.07. The van der Waals surface area contributed by atoms with Crippen LogP contribution in [0.1, 0.15) is 11.3 Å². The van der Waals surface area contributed by atoms with Gasteiger partial charge in [0.25, 0.3) is 0 Å². The summed E-state index contributed by atoms with van der Waals surface area (Å²) in [6.07, 6.45) is 5.93. The molecule has 0 bridgehead atoms. The molecule has 2 aromatic heterocycles. The van der Waals surface area contributed by atoms with Gasteiger partial charge in [0.2, 0.25) is 0 Å². The van der Waals surface area contributed by atoms with E-state index in [4.69, 9.17) is 5.73 Å². The second-order valence-electron chi connectivity index (χ2n) is 2.84. The highest BCUT2D eigenvalue weighted by atomic mass is 15.1. The van der Waals surface area contributed by atoms with Gasteiger partial charge in [0.1, 0.15) is 0 Å². The fourth-order valence-electron chi connectivity index (χ4n) is 1.17. The first-order valence-corrected chi connectivity index (χ1v) is 4.03. The molecule has 4 nitrogen and oxygen atoms in total. The van der Waals surface area contributed by atoms with Crippen LogP contribution in [0.5, 0.6) is 0 Å². The Bertz CT molecular complexity index is 380. The summed E-state index contributed by atoms with van der Waals surface area (Å²) in [6.45, 7) is 0. The van der Waals surface area contributed by atoms with Crippen molar-refractivity contribution in [1.82, 2.24) is 15.2 Å². The van der Waals surface area contributed by atoms with Crippen molar-refractivity contribution in [2.45, 2.75) is 6.42 Å². The van der Waals surface area contributed by atoms with Crippen LogP contribution in [-0.2, 0) is 6.42 Å². The van der Waals surface area contributed by atoms with Crippen LogP contribution >= 0.6 is 0 Å². The lowest BCUT2D eigenvalue weighted by Gasteiger charge is -1.98. The molecule has 2 aromatic rings. The van der Waals surface area contributed by atoms with Crippen molar-refractivity contribution in [2.24, 2.45) is 0 Å². The van der Waals surface area contributed by atoms with E-state index >= 15 is 0 Å². The van der Waals surface area contributed by atoms with Crippen LogP contribution in [-0.4, -0.2) is 15.2 Å². The first kappa shape index (κ1) is 7.79. The van der Waals surface area contributed by atoms with Gasteiger partial charge in [-0.25, -0.2) is 0 Å². The van der Waals surface area contributed by atoms with Crippen molar-refractivity contribution in [3.8, 4) is 0 Å². The van der Waals surface area contributed by atoms with E-state index in [1.54, 1.807) is 18.6 Å². The minimum atomic E-state index is 0.705. The average Bonchev–Trinajstić information content (AvgIpc) is 2.54. The lowest BCUT2D eigenvalue weighted by molar-refractivity contribution is 0.995. The van der Waals surface area contributed by atoms with Crippen LogP contribution in [0.4, 0.5) is 5.69 Å². The largest absolute Gasteiger partial charge is 0.396 e. The van der Waals surface area contributed by atoms with Gasteiger partial charge in [-0.3, -0.25) is 10.1 Å². The molecule has 0 aromatic carbocycles. The maximum atomic E-state index is 5.68. The Morgan fingerprint density at radius 2 is 2.08 bits per heavy atom. The van der Waals surface area contributed by atoms with E-state index in [9.17, 15) is 0 Å². The van der Waals surface area contributed by atoms with Crippen LogP contribution in [0.3, 0.4) is 0 Å². The van der Waals surface area contributed by atoms with Crippen molar-refractivity contribution in [3.63, 3.8) is 0 Å². The van der Waals surface area contributed by atoms with Gasteiger partial charge >= 0.3 is 0 Å². The summed E-state index contributed by atoms with van der Waals surface area (Å²) in [5, 5.41) is 6.71. The molecule has 0 saturated heterocycles. The van der Waals surface area contributed by atoms with E-state index in [2.05, 4.69) is 15.2 Å². The summed E-state index contributed by atoms with van der Waals surface area (Å²) in [5.74, 6) is 0. The molecule has 0 fully saturated rings. The Morgan fingerprint density at radius 3 is 2.69 bits per heavy atom. The van der Waals surface area contributed by atoms with Gasteiger partial charge in [-0.15, -0.1) is 0 Å². The minimum Gasteiger partial charge on any atom is -0.396 e. The number of hydrogen-bond acceptors (Lipinski definition) is 3.